The van der Waals surface area contributed by atoms with Gasteiger partial charge in [-0.05, 0) is 42.5 Å². The van der Waals surface area contributed by atoms with E-state index < -0.39 is 0 Å². The summed E-state index contributed by atoms with van der Waals surface area (Å²) in [7, 11) is 0. The van der Waals surface area contributed by atoms with Crippen LogP contribution in [0.4, 0.5) is 11.4 Å². The second-order valence-electron chi connectivity index (χ2n) is 4.24. The molecule has 100 valence electrons. The second-order valence-corrected chi connectivity index (χ2v) is 5.15. The van der Waals surface area contributed by atoms with E-state index in [4.69, 9.17) is 5.73 Å². The van der Waals surface area contributed by atoms with Gasteiger partial charge in [-0.2, -0.15) is 0 Å². The summed E-state index contributed by atoms with van der Waals surface area (Å²) >= 11 is 1.49. The number of aryl methyl sites for hydroxylation is 1. The van der Waals surface area contributed by atoms with Gasteiger partial charge in [0.1, 0.15) is 0 Å². The Bertz CT molecular complexity index is 577. The van der Waals surface area contributed by atoms with E-state index in [2.05, 4.69) is 6.92 Å². The number of nitrogens with two attached hydrogens (primary N) is 1. The molecule has 19 heavy (non-hydrogen) atoms. The predicted molar refractivity (Wildman–Crippen MR) is 81.9 cm³/mol. The van der Waals surface area contributed by atoms with Crippen LogP contribution in [0.5, 0.6) is 0 Å². The lowest BCUT2D eigenvalue weighted by molar-refractivity contribution is 0.0991. The molecule has 1 heterocycles. The maximum atomic E-state index is 12.7. The standard InChI is InChI=1S/C15H18N2OS/c1-3-11-9-10-19-14(11)15(18)17(4-2)13-8-6-5-7-12(13)16/h5-10H,3-4,16H2,1-2H3. The van der Waals surface area contributed by atoms with Crippen molar-refractivity contribution < 1.29 is 4.79 Å². The highest BCUT2D eigenvalue weighted by Crippen LogP contribution is 2.27. The van der Waals surface area contributed by atoms with E-state index in [9.17, 15) is 4.79 Å². The fourth-order valence-electron chi connectivity index (χ4n) is 2.08. The quantitative estimate of drug-likeness (QED) is 0.866. The zero-order valence-corrected chi connectivity index (χ0v) is 12.0. The Morgan fingerprint density at radius 3 is 2.63 bits per heavy atom. The number of nitrogen functional groups attached to an aromatic ring is 1. The van der Waals surface area contributed by atoms with E-state index in [1.165, 1.54) is 11.3 Å². The molecule has 0 saturated heterocycles. The summed E-state index contributed by atoms with van der Waals surface area (Å²) < 4.78 is 0. The molecule has 0 saturated carbocycles. The number of benzene rings is 1. The van der Waals surface area contributed by atoms with Crippen molar-refractivity contribution in [1.29, 1.82) is 0 Å². The molecule has 0 bridgehead atoms. The number of amides is 1. The molecule has 1 amide bonds. The Balaban J connectivity index is 2.38. The van der Waals surface area contributed by atoms with Crippen LogP contribution in [-0.4, -0.2) is 12.5 Å². The third-order valence-electron chi connectivity index (χ3n) is 3.11. The molecule has 0 aliphatic rings. The summed E-state index contributed by atoms with van der Waals surface area (Å²) in [5, 5.41) is 1.97. The highest BCUT2D eigenvalue weighted by Gasteiger charge is 2.21. The first-order chi connectivity index (χ1) is 9.19. The highest BCUT2D eigenvalue weighted by molar-refractivity contribution is 7.12. The van der Waals surface area contributed by atoms with Crippen molar-refractivity contribution in [2.75, 3.05) is 17.2 Å². The molecule has 3 nitrogen and oxygen atoms in total. The second kappa shape index (κ2) is 5.89. The number of carbonyl (C=O) groups is 1. The van der Waals surface area contributed by atoms with Gasteiger partial charge in [-0.1, -0.05) is 19.1 Å². The molecule has 2 rings (SSSR count). The van der Waals surface area contributed by atoms with Crippen LogP contribution < -0.4 is 10.6 Å². The van der Waals surface area contributed by atoms with Crippen LogP contribution in [0, 0.1) is 0 Å². The first kappa shape index (κ1) is 13.6. The number of hydrogen-bond acceptors (Lipinski definition) is 3. The minimum Gasteiger partial charge on any atom is -0.397 e. The van der Waals surface area contributed by atoms with Crippen molar-refractivity contribution in [2.24, 2.45) is 0 Å². The number of rotatable bonds is 4. The number of hydrogen-bond donors (Lipinski definition) is 1. The lowest BCUT2D eigenvalue weighted by Gasteiger charge is -2.22. The molecule has 0 aliphatic heterocycles. The molecule has 4 heteroatoms. The first-order valence-electron chi connectivity index (χ1n) is 6.41. The monoisotopic (exact) mass is 274 g/mol. The highest BCUT2D eigenvalue weighted by atomic mass is 32.1. The fourth-order valence-corrected chi connectivity index (χ4v) is 3.02. The van der Waals surface area contributed by atoms with Crippen LogP contribution in [0.25, 0.3) is 0 Å². The van der Waals surface area contributed by atoms with E-state index in [1.807, 2.05) is 42.6 Å². The molecule has 0 fully saturated rings. The largest absolute Gasteiger partial charge is 0.397 e. The van der Waals surface area contributed by atoms with Gasteiger partial charge in [-0.25, -0.2) is 0 Å². The summed E-state index contributed by atoms with van der Waals surface area (Å²) in [6.07, 6.45) is 0.867. The van der Waals surface area contributed by atoms with Crippen molar-refractivity contribution >= 4 is 28.6 Å². The molecular weight excluding hydrogens is 256 g/mol. The minimum atomic E-state index is 0.0345. The molecule has 0 spiro atoms. The normalized spacial score (nSPS) is 10.4. The molecule has 0 aliphatic carbocycles. The third-order valence-corrected chi connectivity index (χ3v) is 4.06. The lowest BCUT2D eigenvalue weighted by atomic mass is 10.1. The molecule has 2 N–H and O–H groups in total. The van der Waals surface area contributed by atoms with Crippen LogP contribution in [0.15, 0.2) is 35.7 Å². The summed E-state index contributed by atoms with van der Waals surface area (Å²) in [4.78, 5) is 15.2. The molecule has 1 aromatic heterocycles. The van der Waals surface area contributed by atoms with Crippen LogP contribution in [-0.2, 0) is 6.42 Å². The zero-order chi connectivity index (χ0) is 13.8. The van der Waals surface area contributed by atoms with Crippen molar-refractivity contribution in [1.82, 2.24) is 0 Å². The minimum absolute atomic E-state index is 0.0345. The Kier molecular flexibility index (Phi) is 4.22. The number of thiophene rings is 1. The average Bonchev–Trinajstić information content (AvgIpc) is 2.89. The third kappa shape index (κ3) is 2.63. The molecular formula is C15H18N2OS. The smallest absolute Gasteiger partial charge is 0.268 e. The van der Waals surface area contributed by atoms with E-state index in [-0.39, 0.29) is 5.91 Å². The lowest BCUT2D eigenvalue weighted by Crippen LogP contribution is -2.31. The number of para-hydroxylation sites is 2. The molecule has 2 aromatic rings. The number of anilines is 2. The van der Waals surface area contributed by atoms with Gasteiger partial charge in [-0.3, -0.25) is 4.79 Å². The summed E-state index contributed by atoms with van der Waals surface area (Å²) in [5.74, 6) is 0.0345. The fraction of sp³-hybridized carbons (Fsp3) is 0.267. The van der Waals surface area contributed by atoms with Gasteiger partial charge in [0.2, 0.25) is 0 Å². The maximum absolute atomic E-state index is 12.7. The first-order valence-corrected chi connectivity index (χ1v) is 7.29. The van der Waals surface area contributed by atoms with Gasteiger partial charge in [0.15, 0.2) is 0 Å². The summed E-state index contributed by atoms with van der Waals surface area (Å²) in [5.41, 5.74) is 8.48. The maximum Gasteiger partial charge on any atom is 0.268 e. The Hall–Kier alpha value is -1.81. The Morgan fingerprint density at radius 1 is 1.26 bits per heavy atom. The van der Waals surface area contributed by atoms with E-state index in [0.717, 1.165) is 22.5 Å². The predicted octanol–water partition coefficient (Wildman–Crippen LogP) is 3.56. The van der Waals surface area contributed by atoms with Crippen LogP contribution in [0.3, 0.4) is 0 Å². The molecule has 0 radical (unpaired) electrons. The van der Waals surface area contributed by atoms with E-state index in [1.54, 1.807) is 4.90 Å². The molecule has 0 atom stereocenters. The molecule has 1 aromatic carbocycles. The average molecular weight is 274 g/mol. The van der Waals surface area contributed by atoms with Gasteiger partial charge in [0.05, 0.1) is 16.3 Å². The van der Waals surface area contributed by atoms with Crippen LogP contribution in [0.2, 0.25) is 0 Å². The van der Waals surface area contributed by atoms with Gasteiger partial charge in [-0.15, -0.1) is 11.3 Å². The Labute approximate surface area is 117 Å². The van der Waals surface area contributed by atoms with Crippen molar-refractivity contribution in [3.8, 4) is 0 Å². The summed E-state index contributed by atoms with van der Waals surface area (Å²) in [6.45, 7) is 4.63. The summed E-state index contributed by atoms with van der Waals surface area (Å²) in [6, 6.07) is 9.49. The number of carbonyl (C=O) groups excluding carboxylic acids is 1. The van der Waals surface area contributed by atoms with Gasteiger partial charge >= 0.3 is 0 Å². The van der Waals surface area contributed by atoms with Crippen molar-refractivity contribution in [3.63, 3.8) is 0 Å². The van der Waals surface area contributed by atoms with E-state index >= 15 is 0 Å². The molecule has 0 unspecified atom stereocenters. The Morgan fingerprint density at radius 2 is 2.00 bits per heavy atom. The topological polar surface area (TPSA) is 46.3 Å². The van der Waals surface area contributed by atoms with Crippen molar-refractivity contribution in [2.45, 2.75) is 20.3 Å². The van der Waals surface area contributed by atoms with Gasteiger partial charge in [0, 0.05) is 6.54 Å². The van der Waals surface area contributed by atoms with E-state index in [0.29, 0.717) is 12.2 Å². The van der Waals surface area contributed by atoms with Crippen LogP contribution >= 0.6 is 11.3 Å². The van der Waals surface area contributed by atoms with Crippen LogP contribution in [0.1, 0.15) is 29.1 Å². The zero-order valence-electron chi connectivity index (χ0n) is 11.2. The SMILES string of the molecule is CCc1ccsc1C(=O)N(CC)c1ccccc1N. The van der Waals surface area contributed by atoms with Crippen molar-refractivity contribution in [3.05, 3.63) is 46.2 Å². The number of nitrogens with zero attached hydrogens (tertiary/aromatic N) is 1. The van der Waals surface area contributed by atoms with Gasteiger partial charge in [0.25, 0.3) is 5.91 Å². The van der Waals surface area contributed by atoms with Gasteiger partial charge < -0.3 is 10.6 Å².